The summed E-state index contributed by atoms with van der Waals surface area (Å²) >= 11 is 0. The second-order valence-corrected chi connectivity index (χ2v) is 3.87. The van der Waals surface area contributed by atoms with Crippen molar-refractivity contribution >= 4 is 5.78 Å². The summed E-state index contributed by atoms with van der Waals surface area (Å²) in [6, 6.07) is 0. The van der Waals surface area contributed by atoms with Crippen LogP contribution in [0, 0.1) is 16.0 Å². The summed E-state index contributed by atoms with van der Waals surface area (Å²) in [5.74, 6) is 0.243. The SMILES string of the molecule is CC[C@@H](CCCC(=O)C(C)C)O[N+](=O)[O-]. The van der Waals surface area contributed by atoms with Gasteiger partial charge in [-0.3, -0.25) is 4.79 Å². The molecule has 0 aromatic heterocycles. The van der Waals surface area contributed by atoms with Gasteiger partial charge in [0.25, 0.3) is 5.09 Å². The van der Waals surface area contributed by atoms with Gasteiger partial charge in [-0.05, 0) is 19.3 Å². The van der Waals surface area contributed by atoms with E-state index in [0.29, 0.717) is 25.7 Å². The van der Waals surface area contributed by atoms with E-state index in [1.165, 1.54) is 0 Å². The maximum absolute atomic E-state index is 11.3. The Kier molecular flexibility index (Phi) is 6.66. The minimum atomic E-state index is -0.765. The highest BCUT2D eigenvalue weighted by atomic mass is 17.0. The van der Waals surface area contributed by atoms with Crippen molar-refractivity contribution in [2.45, 2.75) is 52.6 Å². The number of Topliss-reactive ketones (excluding diaryl/α,β-unsaturated/α-hetero) is 1. The molecule has 0 bridgehead atoms. The van der Waals surface area contributed by atoms with Crippen molar-refractivity contribution in [3.63, 3.8) is 0 Å². The van der Waals surface area contributed by atoms with Crippen LogP contribution in [-0.2, 0) is 9.63 Å². The van der Waals surface area contributed by atoms with Crippen LogP contribution in [0.4, 0.5) is 0 Å². The summed E-state index contributed by atoms with van der Waals surface area (Å²) in [4.78, 5) is 25.8. The molecular formula is C10H19NO4. The molecule has 0 aromatic rings. The van der Waals surface area contributed by atoms with Crippen molar-refractivity contribution in [2.24, 2.45) is 5.92 Å². The zero-order valence-electron chi connectivity index (χ0n) is 9.56. The van der Waals surface area contributed by atoms with Gasteiger partial charge in [0.1, 0.15) is 11.9 Å². The van der Waals surface area contributed by atoms with E-state index < -0.39 is 5.09 Å². The molecule has 0 saturated carbocycles. The summed E-state index contributed by atoms with van der Waals surface area (Å²) in [6.07, 6.45) is 1.92. The molecule has 0 fully saturated rings. The summed E-state index contributed by atoms with van der Waals surface area (Å²) < 4.78 is 0. The molecule has 0 N–H and O–H groups in total. The molecule has 0 aromatic carbocycles. The molecule has 0 radical (unpaired) electrons. The van der Waals surface area contributed by atoms with E-state index in [2.05, 4.69) is 4.84 Å². The number of rotatable bonds is 8. The predicted molar refractivity (Wildman–Crippen MR) is 55.9 cm³/mol. The highest BCUT2D eigenvalue weighted by Gasteiger charge is 2.12. The maximum atomic E-state index is 11.3. The Balaban J connectivity index is 3.72. The molecule has 1 atom stereocenters. The van der Waals surface area contributed by atoms with Crippen molar-refractivity contribution < 1.29 is 14.7 Å². The molecule has 0 heterocycles. The van der Waals surface area contributed by atoms with Gasteiger partial charge < -0.3 is 4.84 Å². The van der Waals surface area contributed by atoms with E-state index in [4.69, 9.17) is 0 Å². The Labute approximate surface area is 89.9 Å². The van der Waals surface area contributed by atoms with Crippen LogP contribution < -0.4 is 0 Å². The molecule has 0 rings (SSSR count). The highest BCUT2D eigenvalue weighted by molar-refractivity contribution is 5.80. The standard InChI is InChI=1S/C10H19NO4/c1-4-9(15-11(13)14)6-5-7-10(12)8(2)3/h8-9H,4-7H2,1-3H3/t9-/m0/s1. The summed E-state index contributed by atoms with van der Waals surface area (Å²) in [6.45, 7) is 5.54. The third kappa shape index (κ3) is 6.88. The lowest BCUT2D eigenvalue weighted by atomic mass is 10.0. The summed E-state index contributed by atoms with van der Waals surface area (Å²) in [5, 5.41) is 9.32. The Bertz CT molecular complexity index is 215. The molecule has 0 aliphatic heterocycles. The maximum Gasteiger partial charge on any atom is 0.294 e. The fourth-order valence-electron chi connectivity index (χ4n) is 1.25. The van der Waals surface area contributed by atoms with Crippen molar-refractivity contribution in [3.8, 4) is 0 Å². The van der Waals surface area contributed by atoms with Crippen LogP contribution in [0.15, 0.2) is 0 Å². The van der Waals surface area contributed by atoms with Crippen LogP contribution in [0.25, 0.3) is 0 Å². The molecule has 0 amide bonds. The largest absolute Gasteiger partial charge is 0.311 e. The van der Waals surface area contributed by atoms with Crippen LogP contribution in [0.2, 0.25) is 0 Å². The lowest BCUT2D eigenvalue weighted by molar-refractivity contribution is -0.768. The lowest BCUT2D eigenvalue weighted by Crippen LogP contribution is -2.17. The van der Waals surface area contributed by atoms with Crippen molar-refractivity contribution in [3.05, 3.63) is 10.1 Å². The molecule has 0 unspecified atom stereocenters. The zero-order chi connectivity index (χ0) is 11.8. The molecule has 15 heavy (non-hydrogen) atoms. The molecule has 0 aliphatic carbocycles. The van der Waals surface area contributed by atoms with E-state index in [1.54, 1.807) is 0 Å². The first kappa shape index (κ1) is 13.9. The van der Waals surface area contributed by atoms with Crippen LogP contribution >= 0.6 is 0 Å². The summed E-state index contributed by atoms with van der Waals surface area (Å²) in [7, 11) is 0. The van der Waals surface area contributed by atoms with Crippen LogP contribution in [0.3, 0.4) is 0 Å². The van der Waals surface area contributed by atoms with Crippen LogP contribution in [-0.4, -0.2) is 17.0 Å². The molecule has 5 heteroatoms. The molecular weight excluding hydrogens is 198 g/mol. The first-order valence-corrected chi connectivity index (χ1v) is 5.31. The minimum Gasteiger partial charge on any atom is -0.311 e. The fourth-order valence-corrected chi connectivity index (χ4v) is 1.25. The molecule has 0 saturated heterocycles. The first-order chi connectivity index (χ1) is 6.97. The fraction of sp³-hybridized carbons (Fsp3) is 0.900. The lowest BCUT2D eigenvalue weighted by Gasteiger charge is -2.12. The topological polar surface area (TPSA) is 69.4 Å². The monoisotopic (exact) mass is 217 g/mol. The van der Waals surface area contributed by atoms with Gasteiger partial charge in [-0.2, -0.15) is 0 Å². The quantitative estimate of drug-likeness (QED) is 0.462. The van der Waals surface area contributed by atoms with Gasteiger partial charge in [-0.1, -0.05) is 20.8 Å². The van der Waals surface area contributed by atoms with E-state index in [1.807, 2.05) is 20.8 Å². The van der Waals surface area contributed by atoms with Crippen LogP contribution in [0.5, 0.6) is 0 Å². The molecule has 5 nitrogen and oxygen atoms in total. The predicted octanol–water partition coefficient (Wildman–Crippen LogP) is 2.37. The Hall–Kier alpha value is -1.13. The van der Waals surface area contributed by atoms with Gasteiger partial charge in [0.05, 0.1) is 0 Å². The van der Waals surface area contributed by atoms with E-state index >= 15 is 0 Å². The number of hydrogen-bond donors (Lipinski definition) is 0. The normalized spacial score (nSPS) is 12.5. The molecule has 0 spiro atoms. The number of ketones is 1. The van der Waals surface area contributed by atoms with Gasteiger partial charge in [-0.15, -0.1) is 10.1 Å². The third-order valence-electron chi connectivity index (χ3n) is 2.28. The van der Waals surface area contributed by atoms with E-state index in [9.17, 15) is 14.9 Å². The van der Waals surface area contributed by atoms with Crippen molar-refractivity contribution in [2.75, 3.05) is 0 Å². The smallest absolute Gasteiger partial charge is 0.294 e. The number of nitrogens with zero attached hydrogens (tertiary/aromatic N) is 1. The number of carbonyl (C=O) groups is 1. The van der Waals surface area contributed by atoms with Gasteiger partial charge >= 0.3 is 0 Å². The Morgan fingerprint density at radius 2 is 2.07 bits per heavy atom. The van der Waals surface area contributed by atoms with Gasteiger partial charge in [0, 0.05) is 12.3 Å². The zero-order valence-corrected chi connectivity index (χ0v) is 9.56. The highest BCUT2D eigenvalue weighted by Crippen LogP contribution is 2.11. The molecule has 88 valence electrons. The van der Waals surface area contributed by atoms with E-state index in [0.717, 1.165) is 0 Å². The van der Waals surface area contributed by atoms with Gasteiger partial charge in [-0.25, -0.2) is 0 Å². The Morgan fingerprint density at radius 1 is 1.47 bits per heavy atom. The summed E-state index contributed by atoms with van der Waals surface area (Å²) in [5.41, 5.74) is 0. The second-order valence-electron chi connectivity index (χ2n) is 3.87. The number of hydrogen-bond acceptors (Lipinski definition) is 4. The minimum absolute atomic E-state index is 0.0431. The second kappa shape index (κ2) is 7.20. The van der Waals surface area contributed by atoms with Gasteiger partial charge in [0.15, 0.2) is 0 Å². The Morgan fingerprint density at radius 3 is 2.47 bits per heavy atom. The first-order valence-electron chi connectivity index (χ1n) is 5.31. The van der Waals surface area contributed by atoms with Crippen LogP contribution in [0.1, 0.15) is 46.5 Å². The van der Waals surface area contributed by atoms with Crippen molar-refractivity contribution in [1.29, 1.82) is 0 Å². The van der Waals surface area contributed by atoms with Gasteiger partial charge in [0.2, 0.25) is 0 Å². The molecule has 0 aliphatic rings. The van der Waals surface area contributed by atoms with E-state index in [-0.39, 0.29) is 17.8 Å². The average molecular weight is 217 g/mol. The number of carbonyl (C=O) groups excluding carboxylic acids is 1. The third-order valence-corrected chi connectivity index (χ3v) is 2.28. The van der Waals surface area contributed by atoms with Crippen molar-refractivity contribution in [1.82, 2.24) is 0 Å². The average Bonchev–Trinajstić information content (AvgIpc) is 2.15.